The molecular formula is C17H16BrNO2S. The molecular weight excluding hydrogens is 362 g/mol. The first kappa shape index (κ1) is 16.7. The van der Waals surface area contributed by atoms with E-state index in [1.54, 1.807) is 11.3 Å². The summed E-state index contributed by atoms with van der Waals surface area (Å²) in [4.78, 5) is 11.6. The van der Waals surface area contributed by atoms with Gasteiger partial charge in [-0.25, -0.2) is 0 Å². The van der Waals surface area contributed by atoms with Crippen LogP contribution in [-0.4, -0.2) is 12.6 Å². The average Bonchev–Trinajstić information content (AvgIpc) is 2.86. The van der Waals surface area contributed by atoms with Crippen molar-refractivity contribution in [3.8, 4) is 17.2 Å². The van der Waals surface area contributed by atoms with Gasteiger partial charge in [-0.15, -0.1) is 11.3 Å². The van der Waals surface area contributed by atoms with Crippen molar-refractivity contribution in [2.45, 2.75) is 26.7 Å². The maximum absolute atomic E-state index is 11.6. The number of carbonyl (C=O) groups excluding carboxylic acids is 1. The van der Waals surface area contributed by atoms with E-state index in [-0.39, 0.29) is 5.97 Å². The quantitative estimate of drug-likeness (QED) is 0.699. The summed E-state index contributed by atoms with van der Waals surface area (Å²) in [5.41, 5.74) is 5.02. The highest BCUT2D eigenvalue weighted by Gasteiger charge is 2.15. The van der Waals surface area contributed by atoms with Gasteiger partial charge in [0, 0.05) is 12.0 Å². The fourth-order valence-corrected chi connectivity index (χ4v) is 3.90. The number of aryl methyl sites for hydroxylation is 2. The minimum atomic E-state index is -0.174. The van der Waals surface area contributed by atoms with Gasteiger partial charge in [-0.05, 0) is 70.4 Å². The number of carbonyl (C=O) groups is 1. The summed E-state index contributed by atoms with van der Waals surface area (Å²) in [5.74, 6) is -0.174. The van der Waals surface area contributed by atoms with E-state index in [0.29, 0.717) is 25.0 Å². The number of hydrogen-bond acceptors (Lipinski definition) is 4. The summed E-state index contributed by atoms with van der Waals surface area (Å²) < 4.78 is 6.03. The lowest BCUT2D eigenvalue weighted by atomic mass is 9.96. The molecule has 0 spiro atoms. The first-order chi connectivity index (χ1) is 10.6. The fraction of sp³-hybridized carbons (Fsp3) is 0.294. The van der Waals surface area contributed by atoms with Crippen molar-refractivity contribution in [2.24, 2.45) is 0 Å². The number of nitriles is 1. The Morgan fingerprint density at radius 2 is 2.23 bits per heavy atom. The fourth-order valence-electron chi connectivity index (χ4n) is 2.31. The molecule has 0 aliphatic rings. The Bertz CT molecular complexity index is 731. The second kappa shape index (κ2) is 7.57. The van der Waals surface area contributed by atoms with Gasteiger partial charge < -0.3 is 4.74 Å². The smallest absolute Gasteiger partial charge is 0.306 e. The second-order valence-electron chi connectivity index (χ2n) is 4.86. The van der Waals surface area contributed by atoms with E-state index in [2.05, 4.69) is 27.4 Å². The molecule has 2 aromatic rings. The van der Waals surface area contributed by atoms with Crippen LogP contribution in [0.2, 0.25) is 0 Å². The minimum Gasteiger partial charge on any atom is -0.466 e. The molecule has 5 heteroatoms. The van der Waals surface area contributed by atoms with Gasteiger partial charge in [0.1, 0.15) is 0 Å². The molecule has 114 valence electrons. The standard InChI is InChI=1S/C17H16BrNO2S/c1-3-21-15(20)7-5-13-10-22-17(18)16(13)14-6-4-12(9-19)8-11(14)2/h4,6,8,10H,3,5,7H2,1-2H3. The number of nitrogens with zero attached hydrogens (tertiary/aromatic N) is 1. The van der Waals surface area contributed by atoms with Crippen molar-refractivity contribution >= 4 is 33.2 Å². The van der Waals surface area contributed by atoms with Crippen molar-refractivity contribution < 1.29 is 9.53 Å². The van der Waals surface area contributed by atoms with Gasteiger partial charge in [-0.3, -0.25) is 4.79 Å². The zero-order valence-electron chi connectivity index (χ0n) is 12.5. The van der Waals surface area contributed by atoms with Crippen LogP contribution < -0.4 is 0 Å². The first-order valence-corrected chi connectivity index (χ1v) is 8.66. The predicted molar refractivity (Wildman–Crippen MR) is 91.9 cm³/mol. The molecule has 0 saturated heterocycles. The Labute approximate surface area is 142 Å². The lowest BCUT2D eigenvalue weighted by Crippen LogP contribution is -2.05. The molecule has 1 aromatic carbocycles. The molecule has 0 aliphatic carbocycles. The molecule has 22 heavy (non-hydrogen) atoms. The molecule has 1 heterocycles. The highest BCUT2D eigenvalue weighted by atomic mass is 79.9. The Hall–Kier alpha value is -1.64. The zero-order chi connectivity index (χ0) is 16.1. The van der Waals surface area contributed by atoms with E-state index in [4.69, 9.17) is 10.00 Å². The SMILES string of the molecule is CCOC(=O)CCc1csc(Br)c1-c1ccc(C#N)cc1C. The number of benzene rings is 1. The normalized spacial score (nSPS) is 10.3. The van der Waals surface area contributed by atoms with Crippen LogP contribution in [0.5, 0.6) is 0 Å². The number of esters is 1. The van der Waals surface area contributed by atoms with Crippen LogP contribution in [0.3, 0.4) is 0 Å². The van der Waals surface area contributed by atoms with E-state index in [1.165, 1.54) is 0 Å². The van der Waals surface area contributed by atoms with Crippen LogP contribution in [0.15, 0.2) is 27.4 Å². The van der Waals surface area contributed by atoms with Crippen molar-refractivity contribution in [2.75, 3.05) is 6.61 Å². The highest BCUT2D eigenvalue weighted by Crippen LogP contribution is 2.39. The van der Waals surface area contributed by atoms with Gasteiger partial charge >= 0.3 is 5.97 Å². The second-order valence-corrected chi connectivity index (χ2v) is 7.05. The van der Waals surface area contributed by atoms with Crippen LogP contribution in [-0.2, 0) is 16.0 Å². The number of ether oxygens (including phenoxy) is 1. The molecule has 0 atom stereocenters. The zero-order valence-corrected chi connectivity index (χ0v) is 14.9. The summed E-state index contributed by atoms with van der Waals surface area (Å²) in [5, 5.41) is 11.0. The van der Waals surface area contributed by atoms with Crippen LogP contribution in [0.4, 0.5) is 0 Å². The molecule has 0 saturated carbocycles. The molecule has 0 unspecified atom stereocenters. The third-order valence-corrected chi connectivity index (χ3v) is 5.12. The molecule has 1 aromatic heterocycles. The lowest BCUT2D eigenvalue weighted by Gasteiger charge is -2.09. The van der Waals surface area contributed by atoms with Crippen molar-refractivity contribution in [1.29, 1.82) is 5.26 Å². The molecule has 0 amide bonds. The maximum Gasteiger partial charge on any atom is 0.306 e. The van der Waals surface area contributed by atoms with Gasteiger partial charge in [0.25, 0.3) is 0 Å². The Kier molecular flexibility index (Phi) is 5.76. The third kappa shape index (κ3) is 3.76. The van der Waals surface area contributed by atoms with Gasteiger partial charge in [-0.2, -0.15) is 5.26 Å². The van der Waals surface area contributed by atoms with Crippen molar-refractivity contribution in [3.05, 3.63) is 44.1 Å². The van der Waals surface area contributed by atoms with Gasteiger partial charge in [-0.1, -0.05) is 6.07 Å². The Balaban J connectivity index is 2.30. The summed E-state index contributed by atoms with van der Waals surface area (Å²) in [7, 11) is 0. The van der Waals surface area contributed by atoms with Crippen molar-refractivity contribution in [3.63, 3.8) is 0 Å². The highest BCUT2D eigenvalue weighted by molar-refractivity contribution is 9.11. The van der Waals surface area contributed by atoms with Gasteiger partial charge in [0.15, 0.2) is 0 Å². The van der Waals surface area contributed by atoms with Crippen LogP contribution >= 0.6 is 27.3 Å². The molecule has 0 radical (unpaired) electrons. The third-order valence-electron chi connectivity index (χ3n) is 3.35. The van der Waals surface area contributed by atoms with E-state index in [1.807, 2.05) is 32.0 Å². The summed E-state index contributed by atoms with van der Waals surface area (Å²) in [6, 6.07) is 7.82. The molecule has 0 aliphatic heterocycles. The monoisotopic (exact) mass is 377 g/mol. The van der Waals surface area contributed by atoms with E-state index < -0.39 is 0 Å². The van der Waals surface area contributed by atoms with Crippen LogP contribution in [0, 0.1) is 18.3 Å². The van der Waals surface area contributed by atoms with Crippen LogP contribution in [0.25, 0.3) is 11.1 Å². The molecule has 2 rings (SSSR count). The van der Waals surface area contributed by atoms with E-state index in [0.717, 1.165) is 26.0 Å². The predicted octanol–water partition coefficient (Wildman–Crippen LogP) is 4.85. The maximum atomic E-state index is 11.6. The lowest BCUT2D eigenvalue weighted by molar-refractivity contribution is -0.143. The first-order valence-electron chi connectivity index (χ1n) is 6.99. The number of hydrogen-bond donors (Lipinski definition) is 0. The number of rotatable bonds is 5. The molecule has 0 fully saturated rings. The van der Waals surface area contributed by atoms with E-state index >= 15 is 0 Å². The van der Waals surface area contributed by atoms with Crippen LogP contribution in [0.1, 0.15) is 30.0 Å². The summed E-state index contributed by atoms with van der Waals surface area (Å²) in [6.45, 7) is 4.22. The molecule has 0 N–H and O–H groups in total. The number of thiophene rings is 1. The topological polar surface area (TPSA) is 50.1 Å². The largest absolute Gasteiger partial charge is 0.466 e. The minimum absolute atomic E-state index is 0.174. The Morgan fingerprint density at radius 3 is 2.86 bits per heavy atom. The summed E-state index contributed by atoms with van der Waals surface area (Å²) >= 11 is 5.21. The average molecular weight is 378 g/mol. The number of halogens is 1. The summed E-state index contributed by atoms with van der Waals surface area (Å²) in [6.07, 6.45) is 1.02. The van der Waals surface area contributed by atoms with Crippen molar-refractivity contribution in [1.82, 2.24) is 0 Å². The Morgan fingerprint density at radius 1 is 1.45 bits per heavy atom. The van der Waals surface area contributed by atoms with E-state index in [9.17, 15) is 4.79 Å². The van der Waals surface area contributed by atoms with Gasteiger partial charge in [0.2, 0.25) is 0 Å². The van der Waals surface area contributed by atoms with Gasteiger partial charge in [0.05, 0.1) is 22.0 Å². The molecule has 3 nitrogen and oxygen atoms in total. The molecule has 0 bridgehead atoms.